The second-order valence-electron chi connectivity index (χ2n) is 5.60. The van der Waals surface area contributed by atoms with Crippen LogP contribution >= 0.6 is 0 Å². The number of aromatic amines is 1. The predicted molar refractivity (Wildman–Crippen MR) is 90.7 cm³/mol. The van der Waals surface area contributed by atoms with Gasteiger partial charge in [-0.15, -0.1) is 0 Å². The van der Waals surface area contributed by atoms with E-state index < -0.39 is 6.10 Å². The Bertz CT molecular complexity index is 777. The van der Waals surface area contributed by atoms with Crippen LogP contribution in [0, 0.1) is 6.92 Å². The molecule has 0 saturated heterocycles. The van der Waals surface area contributed by atoms with Gasteiger partial charge in [0.1, 0.15) is 17.2 Å². The van der Waals surface area contributed by atoms with Crippen LogP contribution in [0.3, 0.4) is 0 Å². The maximum Gasteiger partial charge on any atom is 0.152 e. The van der Waals surface area contributed by atoms with Crippen LogP contribution in [0.4, 0.5) is 0 Å². The number of benzene rings is 1. The molecule has 0 fully saturated rings. The Morgan fingerprint density at radius 2 is 2.04 bits per heavy atom. The van der Waals surface area contributed by atoms with Crippen LogP contribution in [0.1, 0.15) is 23.0 Å². The average molecular weight is 327 g/mol. The third-order valence-corrected chi connectivity index (χ3v) is 3.86. The lowest BCUT2D eigenvalue weighted by Crippen LogP contribution is -2.21. The molecule has 6 nitrogen and oxygen atoms in total. The number of ether oxygens (including phenoxy) is 1. The first kappa shape index (κ1) is 16.3. The molecule has 1 aromatic carbocycles. The molecular formula is C18H21N3O3. The van der Waals surface area contributed by atoms with E-state index in [1.807, 2.05) is 43.3 Å². The Hall–Kier alpha value is -2.57. The molecule has 0 aliphatic heterocycles. The monoisotopic (exact) mass is 327 g/mol. The minimum atomic E-state index is -0.586. The van der Waals surface area contributed by atoms with Gasteiger partial charge in [0.25, 0.3) is 0 Å². The molecule has 2 aromatic heterocycles. The first-order valence-corrected chi connectivity index (χ1v) is 7.79. The maximum absolute atomic E-state index is 10.3. The first-order valence-electron chi connectivity index (χ1n) is 7.79. The van der Waals surface area contributed by atoms with Gasteiger partial charge >= 0.3 is 0 Å². The van der Waals surface area contributed by atoms with Crippen LogP contribution in [0.25, 0.3) is 11.5 Å². The van der Waals surface area contributed by atoms with E-state index in [2.05, 4.69) is 15.5 Å². The number of hydrogen-bond acceptors (Lipinski definition) is 5. The van der Waals surface area contributed by atoms with Crippen LogP contribution in [-0.4, -0.2) is 29.0 Å². The molecule has 0 aliphatic rings. The van der Waals surface area contributed by atoms with E-state index in [0.717, 1.165) is 34.1 Å². The fourth-order valence-electron chi connectivity index (χ4n) is 2.51. The fraction of sp³-hybridized carbons (Fsp3) is 0.278. The molecule has 6 heteroatoms. The summed E-state index contributed by atoms with van der Waals surface area (Å²) >= 11 is 0. The zero-order chi connectivity index (χ0) is 16.9. The number of aliphatic hydroxyl groups excluding tert-OH is 1. The van der Waals surface area contributed by atoms with Crippen LogP contribution in [0.5, 0.6) is 5.75 Å². The lowest BCUT2D eigenvalue weighted by Gasteiger charge is -2.12. The number of hydrogen-bond donors (Lipinski definition) is 3. The molecule has 126 valence electrons. The molecule has 3 aromatic rings. The first-order chi connectivity index (χ1) is 11.7. The number of H-pyrrole nitrogens is 1. The van der Waals surface area contributed by atoms with Gasteiger partial charge in [0.15, 0.2) is 5.76 Å². The number of nitrogens with zero attached hydrogens (tertiary/aromatic N) is 1. The van der Waals surface area contributed by atoms with Crippen molar-refractivity contribution in [1.82, 2.24) is 15.5 Å². The summed E-state index contributed by atoms with van der Waals surface area (Å²) < 4.78 is 10.7. The Balaban J connectivity index is 1.57. The molecular weight excluding hydrogens is 306 g/mol. The lowest BCUT2D eigenvalue weighted by atomic mass is 10.1. The highest BCUT2D eigenvalue weighted by molar-refractivity contribution is 5.56. The maximum atomic E-state index is 10.3. The van der Waals surface area contributed by atoms with Gasteiger partial charge in [-0.1, -0.05) is 12.1 Å². The fourth-order valence-corrected chi connectivity index (χ4v) is 2.51. The molecule has 0 unspecified atom stereocenters. The van der Waals surface area contributed by atoms with Crippen molar-refractivity contribution < 1.29 is 14.3 Å². The third kappa shape index (κ3) is 3.67. The number of aliphatic hydroxyl groups is 1. The van der Waals surface area contributed by atoms with E-state index in [1.54, 1.807) is 13.3 Å². The highest BCUT2D eigenvalue weighted by Gasteiger charge is 2.12. The molecule has 0 radical (unpaired) electrons. The summed E-state index contributed by atoms with van der Waals surface area (Å²) in [6.45, 7) is 2.93. The number of nitrogens with one attached hydrogen (secondary N) is 2. The summed E-state index contributed by atoms with van der Waals surface area (Å²) in [6, 6.07) is 11.2. The second kappa shape index (κ2) is 7.33. The van der Waals surface area contributed by atoms with Crippen LogP contribution in [0.15, 0.2) is 47.0 Å². The quantitative estimate of drug-likeness (QED) is 0.621. The van der Waals surface area contributed by atoms with Crippen LogP contribution in [0.2, 0.25) is 0 Å². The lowest BCUT2D eigenvalue weighted by molar-refractivity contribution is 0.174. The summed E-state index contributed by atoms with van der Waals surface area (Å²) in [5, 5.41) is 20.5. The third-order valence-electron chi connectivity index (χ3n) is 3.86. The van der Waals surface area contributed by atoms with Gasteiger partial charge in [0, 0.05) is 18.7 Å². The van der Waals surface area contributed by atoms with Gasteiger partial charge in [0.05, 0.1) is 19.4 Å². The van der Waals surface area contributed by atoms with Crippen molar-refractivity contribution in [1.29, 1.82) is 0 Å². The Morgan fingerprint density at radius 3 is 2.71 bits per heavy atom. The van der Waals surface area contributed by atoms with Gasteiger partial charge in [-0.25, -0.2) is 0 Å². The van der Waals surface area contributed by atoms with Crippen molar-refractivity contribution in [2.24, 2.45) is 0 Å². The molecule has 3 N–H and O–H groups in total. The van der Waals surface area contributed by atoms with E-state index in [4.69, 9.17) is 9.15 Å². The molecule has 0 amide bonds. The smallest absolute Gasteiger partial charge is 0.152 e. The SMILES string of the molecule is COc1ccc([C@@H](O)CNCc2cn[nH]c2-c2ccc(C)o2)cc1. The summed E-state index contributed by atoms with van der Waals surface area (Å²) in [7, 11) is 1.62. The number of methoxy groups -OCH3 is 1. The topological polar surface area (TPSA) is 83.3 Å². The number of aryl methyl sites for hydroxylation is 1. The molecule has 0 aliphatic carbocycles. The Labute approximate surface area is 140 Å². The van der Waals surface area contributed by atoms with E-state index in [9.17, 15) is 5.11 Å². The molecule has 0 spiro atoms. The average Bonchev–Trinajstić information content (AvgIpc) is 3.23. The minimum absolute atomic E-state index is 0.439. The molecule has 3 rings (SSSR count). The van der Waals surface area contributed by atoms with E-state index in [-0.39, 0.29) is 0 Å². The van der Waals surface area contributed by atoms with Gasteiger partial charge in [-0.3, -0.25) is 5.10 Å². The second-order valence-corrected chi connectivity index (χ2v) is 5.60. The van der Waals surface area contributed by atoms with Crippen molar-refractivity contribution in [2.45, 2.75) is 19.6 Å². The zero-order valence-corrected chi connectivity index (χ0v) is 13.7. The van der Waals surface area contributed by atoms with Gasteiger partial charge in [-0.2, -0.15) is 5.10 Å². The molecule has 1 atom stereocenters. The highest BCUT2D eigenvalue weighted by atomic mass is 16.5. The van der Waals surface area contributed by atoms with Crippen molar-refractivity contribution >= 4 is 0 Å². The summed E-state index contributed by atoms with van der Waals surface area (Å²) in [5.74, 6) is 2.39. The summed E-state index contributed by atoms with van der Waals surface area (Å²) in [5.41, 5.74) is 2.69. The standard InChI is InChI=1S/C18H21N3O3/c1-12-3-8-17(24-12)18-14(10-20-21-18)9-19-11-16(22)13-4-6-15(23-2)7-5-13/h3-8,10,16,19,22H,9,11H2,1-2H3,(H,20,21)/t16-/m0/s1. The van der Waals surface area contributed by atoms with Gasteiger partial charge in [-0.05, 0) is 36.8 Å². The molecule has 24 heavy (non-hydrogen) atoms. The molecule has 2 heterocycles. The molecule has 0 bridgehead atoms. The van der Waals surface area contributed by atoms with Crippen molar-refractivity contribution in [3.05, 3.63) is 59.5 Å². The van der Waals surface area contributed by atoms with Crippen LogP contribution < -0.4 is 10.1 Å². The normalized spacial score (nSPS) is 12.3. The van der Waals surface area contributed by atoms with Crippen LogP contribution in [-0.2, 0) is 6.54 Å². The van der Waals surface area contributed by atoms with Crippen molar-refractivity contribution in [2.75, 3.05) is 13.7 Å². The largest absolute Gasteiger partial charge is 0.497 e. The highest BCUT2D eigenvalue weighted by Crippen LogP contribution is 2.23. The van der Waals surface area contributed by atoms with Crippen molar-refractivity contribution in [3.63, 3.8) is 0 Å². The Kier molecular flexibility index (Phi) is 4.98. The van der Waals surface area contributed by atoms with Gasteiger partial charge < -0.3 is 19.6 Å². The number of rotatable bonds is 7. The van der Waals surface area contributed by atoms with E-state index in [0.29, 0.717) is 13.1 Å². The van der Waals surface area contributed by atoms with Gasteiger partial charge in [0.2, 0.25) is 0 Å². The number of aromatic nitrogens is 2. The summed E-state index contributed by atoms with van der Waals surface area (Å²) in [6.07, 6.45) is 1.18. The Morgan fingerprint density at radius 1 is 1.25 bits per heavy atom. The minimum Gasteiger partial charge on any atom is -0.497 e. The van der Waals surface area contributed by atoms with E-state index >= 15 is 0 Å². The van der Waals surface area contributed by atoms with E-state index in [1.165, 1.54) is 0 Å². The predicted octanol–water partition coefficient (Wildman–Crippen LogP) is 2.81. The summed E-state index contributed by atoms with van der Waals surface area (Å²) in [4.78, 5) is 0. The molecule has 0 saturated carbocycles. The number of furan rings is 1. The van der Waals surface area contributed by atoms with Crippen molar-refractivity contribution in [3.8, 4) is 17.2 Å². The zero-order valence-electron chi connectivity index (χ0n) is 13.7.